The van der Waals surface area contributed by atoms with E-state index in [-0.39, 0.29) is 30.7 Å². The molecule has 0 saturated heterocycles. The van der Waals surface area contributed by atoms with Crippen LogP contribution < -0.4 is 5.32 Å². The molecule has 4 nitrogen and oxygen atoms in total. The van der Waals surface area contributed by atoms with E-state index in [9.17, 15) is 14.3 Å². The Hall–Kier alpha value is -2.27. The van der Waals surface area contributed by atoms with Gasteiger partial charge in [-0.05, 0) is 23.6 Å². The average Bonchev–Trinajstić information content (AvgIpc) is 2.48. The Labute approximate surface area is 122 Å². The van der Waals surface area contributed by atoms with E-state index in [1.807, 2.05) is 0 Å². The number of pyridine rings is 1. The smallest absolute Gasteiger partial charge is 0.225 e. The number of carbonyl (C=O) groups is 1. The zero-order valence-corrected chi connectivity index (χ0v) is 11.7. The fourth-order valence-corrected chi connectivity index (χ4v) is 2.14. The monoisotopic (exact) mass is 288 g/mol. The molecule has 0 saturated carbocycles. The summed E-state index contributed by atoms with van der Waals surface area (Å²) in [5.74, 6) is -0.788. The third-order valence-electron chi connectivity index (χ3n) is 3.28. The number of benzene rings is 1. The van der Waals surface area contributed by atoms with Gasteiger partial charge in [0.05, 0.1) is 18.5 Å². The minimum absolute atomic E-state index is 0.153. The van der Waals surface area contributed by atoms with E-state index >= 15 is 0 Å². The highest BCUT2D eigenvalue weighted by atomic mass is 19.1. The highest BCUT2D eigenvalue weighted by Gasteiger charge is 2.15. The molecule has 1 atom stereocenters. The third kappa shape index (κ3) is 3.86. The van der Waals surface area contributed by atoms with Crippen LogP contribution >= 0.6 is 0 Å². The Morgan fingerprint density at radius 3 is 2.86 bits per heavy atom. The van der Waals surface area contributed by atoms with Crippen molar-refractivity contribution in [2.75, 3.05) is 5.32 Å². The van der Waals surface area contributed by atoms with Gasteiger partial charge < -0.3 is 10.4 Å². The molecule has 2 aromatic rings. The van der Waals surface area contributed by atoms with E-state index in [2.05, 4.69) is 10.3 Å². The van der Waals surface area contributed by atoms with Gasteiger partial charge in [-0.2, -0.15) is 0 Å². The van der Waals surface area contributed by atoms with Gasteiger partial charge in [0.2, 0.25) is 5.91 Å². The molecule has 0 aliphatic heterocycles. The van der Waals surface area contributed by atoms with E-state index in [0.29, 0.717) is 16.8 Å². The van der Waals surface area contributed by atoms with Gasteiger partial charge in [-0.1, -0.05) is 25.1 Å². The standard InChI is InChI=1S/C16H17FN2O2/c1-11(13-4-2-3-5-14(13)17)8-16(21)19-15-9-18-7-6-12(15)10-20/h2-7,9,11,20H,8,10H2,1H3,(H,19,21). The lowest BCUT2D eigenvalue weighted by Gasteiger charge is -2.14. The molecule has 5 heteroatoms. The van der Waals surface area contributed by atoms with Gasteiger partial charge in [0.15, 0.2) is 0 Å². The summed E-state index contributed by atoms with van der Waals surface area (Å²) in [5, 5.41) is 11.9. The molecule has 21 heavy (non-hydrogen) atoms. The number of aliphatic hydroxyl groups is 1. The molecule has 2 N–H and O–H groups in total. The summed E-state index contributed by atoms with van der Waals surface area (Å²) in [4.78, 5) is 15.9. The molecule has 110 valence electrons. The minimum Gasteiger partial charge on any atom is -0.392 e. The molecule has 0 radical (unpaired) electrons. The maximum atomic E-state index is 13.7. The second kappa shape index (κ2) is 6.95. The van der Waals surface area contributed by atoms with Crippen LogP contribution in [0.3, 0.4) is 0 Å². The van der Waals surface area contributed by atoms with Crippen LogP contribution in [0.5, 0.6) is 0 Å². The topological polar surface area (TPSA) is 62.2 Å². The van der Waals surface area contributed by atoms with Gasteiger partial charge in [0, 0.05) is 18.2 Å². The number of hydrogen-bond donors (Lipinski definition) is 2. The molecule has 0 aliphatic carbocycles. The second-order valence-corrected chi connectivity index (χ2v) is 4.87. The summed E-state index contributed by atoms with van der Waals surface area (Å²) < 4.78 is 13.7. The Morgan fingerprint density at radius 1 is 1.38 bits per heavy atom. The lowest BCUT2D eigenvalue weighted by atomic mass is 9.97. The number of nitrogens with one attached hydrogen (secondary N) is 1. The summed E-state index contributed by atoms with van der Waals surface area (Å²) in [5.41, 5.74) is 1.59. The minimum atomic E-state index is -0.310. The molecule has 1 aromatic heterocycles. The second-order valence-electron chi connectivity index (χ2n) is 4.87. The first-order valence-corrected chi connectivity index (χ1v) is 6.70. The van der Waals surface area contributed by atoms with Gasteiger partial charge in [-0.3, -0.25) is 9.78 Å². The average molecular weight is 288 g/mol. The normalized spacial score (nSPS) is 12.0. The summed E-state index contributed by atoms with van der Waals surface area (Å²) in [6.07, 6.45) is 3.18. The van der Waals surface area contributed by atoms with Crippen molar-refractivity contribution in [3.63, 3.8) is 0 Å². The van der Waals surface area contributed by atoms with E-state index in [1.54, 1.807) is 37.4 Å². The number of amides is 1. The van der Waals surface area contributed by atoms with Crippen LogP contribution in [0.4, 0.5) is 10.1 Å². The Morgan fingerprint density at radius 2 is 2.14 bits per heavy atom. The summed E-state index contributed by atoms with van der Waals surface area (Å²) in [6.45, 7) is 1.62. The first-order valence-electron chi connectivity index (χ1n) is 6.70. The lowest BCUT2D eigenvalue weighted by Crippen LogP contribution is -2.16. The summed E-state index contributed by atoms with van der Waals surface area (Å²) in [7, 11) is 0. The quantitative estimate of drug-likeness (QED) is 0.889. The van der Waals surface area contributed by atoms with Crippen molar-refractivity contribution in [1.82, 2.24) is 4.98 Å². The number of aliphatic hydroxyl groups excluding tert-OH is 1. The number of rotatable bonds is 5. The molecule has 1 amide bonds. The van der Waals surface area contributed by atoms with E-state index in [1.165, 1.54) is 12.3 Å². The molecule has 2 rings (SSSR count). The van der Waals surface area contributed by atoms with Crippen LogP contribution in [-0.4, -0.2) is 16.0 Å². The SMILES string of the molecule is CC(CC(=O)Nc1cnccc1CO)c1ccccc1F. The van der Waals surface area contributed by atoms with Crippen LogP contribution in [0.15, 0.2) is 42.7 Å². The number of aromatic nitrogens is 1. The van der Waals surface area contributed by atoms with Crippen molar-refractivity contribution in [1.29, 1.82) is 0 Å². The van der Waals surface area contributed by atoms with Crippen LogP contribution in [0.1, 0.15) is 30.4 Å². The molecule has 1 unspecified atom stereocenters. The molecule has 1 heterocycles. The summed E-state index contributed by atoms with van der Waals surface area (Å²) >= 11 is 0. The van der Waals surface area contributed by atoms with Crippen LogP contribution in [0.25, 0.3) is 0 Å². The van der Waals surface area contributed by atoms with E-state index in [0.717, 1.165) is 0 Å². The Bertz CT molecular complexity index is 631. The molecular weight excluding hydrogens is 271 g/mol. The van der Waals surface area contributed by atoms with Crippen molar-refractivity contribution in [2.24, 2.45) is 0 Å². The van der Waals surface area contributed by atoms with Crippen LogP contribution in [0.2, 0.25) is 0 Å². The van der Waals surface area contributed by atoms with Gasteiger partial charge in [0.25, 0.3) is 0 Å². The largest absolute Gasteiger partial charge is 0.392 e. The first-order chi connectivity index (χ1) is 10.1. The number of nitrogens with zero attached hydrogens (tertiary/aromatic N) is 1. The molecule has 0 bridgehead atoms. The molecule has 1 aromatic carbocycles. The highest BCUT2D eigenvalue weighted by molar-refractivity contribution is 5.91. The predicted molar refractivity (Wildman–Crippen MR) is 78.2 cm³/mol. The molecular formula is C16H17FN2O2. The van der Waals surface area contributed by atoms with Crippen molar-refractivity contribution in [3.05, 3.63) is 59.7 Å². The van der Waals surface area contributed by atoms with Gasteiger partial charge in [0.1, 0.15) is 5.82 Å². The van der Waals surface area contributed by atoms with Crippen LogP contribution in [-0.2, 0) is 11.4 Å². The maximum absolute atomic E-state index is 13.7. The predicted octanol–water partition coefficient (Wildman–Crippen LogP) is 2.85. The van der Waals surface area contributed by atoms with Gasteiger partial charge in [-0.15, -0.1) is 0 Å². The van der Waals surface area contributed by atoms with Crippen molar-refractivity contribution in [3.8, 4) is 0 Å². The molecule has 0 fully saturated rings. The zero-order chi connectivity index (χ0) is 15.2. The first kappa shape index (κ1) is 15.1. The number of halogens is 1. The van der Waals surface area contributed by atoms with Gasteiger partial charge >= 0.3 is 0 Å². The van der Waals surface area contributed by atoms with E-state index < -0.39 is 0 Å². The third-order valence-corrected chi connectivity index (χ3v) is 3.28. The van der Waals surface area contributed by atoms with Crippen LogP contribution in [0, 0.1) is 5.82 Å². The Kier molecular flexibility index (Phi) is 5.00. The fraction of sp³-hybridized carbons (Fsp3) is 0.250. The molecule has 0 aliphatic rings. The Balaban J connectivity index is 2.03. The highest BCUT2D eigenvalue weighted by Crippen LogP contribution is 2.23. The fourth-order valence-electron chi connectivity index (χ4n) is 2.14. The number of carbonyl (C=O) groups excluding carboxylic acids is 1. The maximum Gasteiger partial charge on any atom is 0.225 e. The number of anilines is 1. The van der Waals surface area contributed by atoms with Crippen molar-refractivity contribution in [2.45, 2.75) is 25.9 Å². The van der Waals surface area contributed by atoms with Gasteiger partial charge in [-0.25, -0.2) is 4.39 Å². The zero-order valence-electron chi connectivity index (χ0n) is 11.7. The van der Waals surface area contributed by atoms with Crippen molar-refractivity contribution < 1.29 is 14.3 Å². The lowest BCUT2D eigenvalue weighted by molar-refractivity contribution is -0.116. The summed E-state index contributed by atoms with van der Waals surface area (Å²) in [6, 6.07) is 8.06. The van der Waals surface area contributed by atoms with Crippen molar-refractivity contribution >= 4 is 11.6 Å². The molecule has 0 spiro atoms. The van der Waals surface area contributed by atoms with E-state index in [4.69, 9.17) is 0 Å². The number of hydrogen-bond acceptors (Lipinski definition) is 3.